The van der Waals surface area contributed by atoms with Crippen molar-refractivity contribution in [2.24, 2.45) is 10.9 Å². The van der Waals surface area contributed by atoms with E-state index in [1.807, 2.05) is 24.3 Å². The molecular weight excluding hydrogens is 405 g/mol. The van der Waals surface area contributed by atoms with E-state index in [0.29, 0.717) is 25.5 Å². The van der Waals surface area contributed by atoms with E-state index in [1.54, 1.807) is 7.05 Å². The van der Waals surface area contributed by atoms with Gasteiger partial charge < -0.3 is 16.0 Å². The fraction of sp³-hybridized carbons (Fsp3) is 0.391. The quantitative estimate of drug-likeness (QED) is 0.450. The van der Waals surface area contributed by atoms with Crippen molar-refractivity contribution in [2.45, 2.75) is 38.4 Å². The molecule has 1 aliphatic carbocycles. The van der Waals surface area contributed by atoms with Gasteiger partial charge >= 0.3 is 6.18 Å². The van der Waals surface area contributed by atoms with Crippen LogP contribution in [0.4, 0.5) is 18.9 Å². The summed E-state index contributed by atoms with van der Waals surface area (Å²) in [6.07, 6.45) is -0.711. The predicted octanol–water partition coefficient (Wildman–Crippen LogP) is 4.35. The lowest BCUT2D eigenvalue weighted by atomic mass is 9.85. The van der Waals surface area contributed by atoms with Gasteiger partial charge in [0.05, 0.1) is 5.56 Å². The SMILES string of the molecule is CN=C(NCCc1ccc(C(F)(F)F)cc1)NCc1cccc(NC(=O)C2CCC2)c1. The summed E-state index contributed by atoms with van der Waals surface area (Å²) in [5, 5.41) is 9.33. The number of nitrogens with one attached hydrogen (secondary N) is 3. The minimum absolute atomic E-state index is 0.0806. The Morgan fingerprint density at radius 3 is 2.42 bits per heavy atom. The van der Waals surface area contributed by atoms with E-state index in [-0.39, 0.29) is 11.8 Å². The molecule has 8 heteroatoms. The molecule has 0 aromatic heterocycles. The molecule has 1 saturated carbocycles. The van der Waals surface area contributed by atoms with Crippen LogP contribution in [0.3, 0.4) is 0 Å². The molecule has 5 nitrogen and oxygen atoms in total. The fourth-order valence-electron chi connectivity index (χ4n) is 3.27. The number of nitrogens with zero attached hydrogens (tertiary/aromatic N) is 1. The second-order valence-electron chi connectivity index (χ2n) is 7.61. The van der Waals surface area contributed by atoms with Gasteiger partial charge in [-0.1, -0.05) is 30.7 Å². The maximum absolute atomic E-state index is 12.6. The number of anilines is 1. The van der Waals surface area contributed by atoms with Crippen LogP contribution in [0, 0.1) is 5.92 Å². The number of halogens is 3. The predicted molar refractivity (Wildman–Crippen MR) is 116 cm³/mol. The Labute approximate surface area is 180 Å². The van der Waals surface area contributed by atoms with Crippen molar-refractivity contribution in [1.82, 2.24) is 10.6 Å². The highest BCUT2D eigenvalue weighted by atomic mass is 19.4. The summed E-state index contributed by atoms with van der Waals surface area (Å²) in [6, 6.07) is 12.8. The van der Waals surface area contributed by atoms with Gasteiger partial charge in [0.2, 0.25) is 5.91 Å². The Kier molecular flexibility index (Phi) is 7.55. The second-order valence-corrected chi connectivity index (χ2v) is 7.61. The summed E-state index contributed by atoms with van der Waals surface area (Å²) in [5.41, 5.74) is 1.94. The van der Waals surface area contributed by atoms with Crippen LogP contribution in [0.25, 0.3) is 0 Å². The third-order valence-corrected chi connectivity index (χ3v) is 5.34. The third-order valence-electron chi connectivity index (χ3n) is 5.34. The molecule has 2 aromatic rings. The van der Waals surface area contributed by atoms with E-state index in [0.717, 1.165) is 48.2 Å². The Bertz CT molecular complexity index is 906. The zero-order chi connectivity index (χ0) is 22.3. The molecule has 0 atom stereocenters. The number of alkyl halides is 3. The molecule has 0 bridgehead atoms. The number of hydrogen-bond acceptors (Lipinski definition) is 2. The minimum Gasteiger partial charge on any atom is -0.356 e. The van der Waals surface area contributed by atoms with Crippen molar-refractivity contribution < 1.29 is 18.0 Å². The molecule has 2 aromatic carbocycles. The summed E-state index contributed by atoms with van der Waals surface area (Å²) in [6.45, 7) is 1.05. The molecule has 1 fully saturated rings. The normalized spacial score (nSPS) is 14.6. The molecule has 3 N–H and O–H groups in total. The van der Waals surface area contributed by atoms with Gasteiger partial charge in [-0.05, 0) is 54.7 Å². The van der Waals surface area contributed by atoms with Crippen LogP contribution in [0.2, 0.25) is 0 Å². The third kappa shape index (κ3) is 6.73. The Morgan fingerprint density at radius 2 is 1.81 bits per heavy atom. The average molecular weight is 432 g/mol. The summed E-state index contributed by atoms with van der Waals surface area (Å²) in [5.74, 6) is 0.808. The first kappa shape index (κ1) is 22.7. The van der Waals surface area contributed by atoms with Gasteiger partial charge in [0.15, 0.2) is 5.96 Å². The number of carbonyl (C=O) groups is 1. The number of aliphatic imine (C=N–C) groups is 1. The van der Waals surface area contributed by atoms with Crippen LogP contribution < -0.4 is 16.0 Å². The molecule has 1 aliphatic rings. The van der Waals surface area contributed by atoms with Crippen LogP contribution in [0.15, 0.2) is 53.5 Å². The molecule has 1 amide bonds. The summed E-state index contributed by atoms with van der Waals surface area (Å²) >= 11 is 0. The van der Waals surface area contributed by atoms with Crippen molar-refractivity contribution in [3.63, 3.8) is 0 Å². The number of guanidine groups is 1. The largest absolute Gasteiger partial charge is 0.416 e. The van der Waals surface area contributed by atoms with Crippen LogP contribution in [-0.2, 0) is 23.9 Å². The minimum atomic E-state index is -4.32. The lowest BCUT2D eigenvalue weighted by Gasteiger charge is -2.24. The van der Waals surface area contributed by atoms with E-state index in [2.05, 4.69) is 20.9 Å². The van der Waals surface area contributed by atoms with Crippen molar-refractivity contribution in [2.75, 3.05) is 18.9 Å². The fourth-order valence-corrected chi connectivity index (χ4v) is 3.27. The number of hydrogen-bond donors (Lipinski definition) is 3. The van der Waals surface area contributed by atoms with E-state index in [9.17, 15) is 18.0 Å². The van der Waals surface area contributed by atoms with Crippen molar-refractivity contribution >= 4 is 17.6 Å². The zero-order valence-corrected chi connectivity index (χ0v) is 17.4. The van der Waals surface area contributed by atoms with Gasteiger partial charge in [0, 0.05) is 31.7 Å². The Balaban J connectivity index is 1.44. The highest BCUT2D eigenvalue weighted by Gasteiger charge is 2.29. The molecule has 0 radical (unpaired) electrons. The lowest BCUT2D eigenvalue weighted by Crippen LogP contribution is -2.37. The Morgan fingerprint density at radius 1 is 1.06 bits per heavy atom. The maximum Gasteiger partial charge on any atom is 0.416 e. The first-order valence-corrected chi connectivity index (χ1v) is 10.4. The average Bonchev–Trinajstić information content (AvgIpc) is 2.69. The molecule has 0 unspecified atom stereocenters. The molecule has 0 aliphatic heterocycles. The van der Waals surface area contributed by atoms with E-state index >= 15 is 0 Å². The van der Waals surface area contributed by atoms with Gasteiger partial charge in [-0.2, -0.15) is 13.2 Å². The maximum atomic E-state index is 12.6. The first-order valence-electron chi connectivity index (χ1n) is 10.4. The highest BCUT2D eigenvalue weighted by Crippen LogP contribution is 2.29. The summed E-state index contributed by atoms with van der Waals surface area (Å²) < 4.78 is 37.9. The van der Waals surface area contributed by atoms with Gasteiger partial charge in [0.1, 0.15) is 0 Å². The van der Waals surface area contributed by atoms with E-state index in [4.69, 9.17) is 0 Å². The van der Waals surface area contributed by atoms with Crippen molar-refractivity contribution in [1.29, 1.82) is 0 Å². The van der Waals surface area contributed by atoms with Gasteiger partial charge in [-0.3, -0.25) is 9.79 Å². The molecule has 0 saturated heterocycles. The smallest absolute Gasteiger partial charge is 0.356 e. The van der Waals surface area contributed by atoms with E-state index in [1.165, 1.54) is 12.1 Å². The van der Waals surface area contributed by atoms with Gasteiger partial charge in [0.25, 0.3) is 0 Å². The number of rotatable bonds is 7. The zero-order valence-electron chi connectivity index (χ0n) is 17.4. The summed E-state index contributed by atoms with van der Waals surface area (Å²) in [7, 11) is 1.66. The van der Waals surface area contributed by atoms with Crippen LogP contribution in [0.5, 0.6) is 0 Å². The molecule has 166 valence electrons. The lowest BCUT2D eigenvalue weighted by molar-refractivity contribution is -0.137. The number of amides is 1. The topological polar surface area (TPSA) is 65.5 Å². The molecule has 0 spiro atoms. The molecule has 3 rings (SSSR count). The highest BCUT2D eigenvalue weighted by molar-refractivity contribution is 5.93. The second kappa shape index (κ2) is 10.3. The van der Waals surface area contributed by atoms with Crippen molar-refractivity contribution in [3.8, 4) is 0 Å². The van der Waals surface area contributed by atoms with Crippen LogP contribution in [-0.4, -0.2) is 25.5 Å². The van der Waals surface area contributed by atoms with Crippen molar-refractivity contribution in [3.05, 3.63) is 65.2 Å². The van der Waals surface area contributed by atoms with Gasteiger partial charge in [-0.15, -0.1) is 0 Å². The van der Waals surface area contributed by atoms with Crippen LogP contribution >= 0.6 is 0 Å². The first-order chi connectivity index (χ1) is 14.8. The number of benzene rings is 2. The molecular formula is C23H27F3N4O. The van der Waals surface area contributed by atoms with Gasteiger partial charge in [-0.25, -0.2) is 0 Å². The summed E-state index contributed by atoms with van der Waals surface area (Å²) in [4.78, 5) is 16.3. The molecule has 0 heterocycles. The molecule has 31 heavy (non-hydrogen) atoms. The van der Waals surface area contributed by atoms with Crippen LogP contribution in [0.1, 0.15) is 36.0 Å². The standard InChI is InChI=1S/C23H27F3N4O/c1-27-22(28-13-12-16-8-10-19(11-9-16)23(24,25)26)29-15-17-4-2-7-20(14-17)30-21(31)18-5-3-6-18/h2,4,7-11,14,18H,3,5-6,12-13,15H2,1H3,(H,30,31)(H2,27,28,29). The Hall–Kier alpha value is -3.03. The number of carbonyl (C=O) groups excluding carboxylic acids is 1. The monoisotopic (exact) mass is 432 g/mol. The van der Waals surface area contributed by atoms with E-state index < -0.39 is 11.7 Å².